The number of nitrogens with one attached hydrogen (secondary N) is 1. The zero-order chi connectivity index (χ0) is 14.8. The maximum absolute atomic E-state index is 12.3. The third kappa shape index (κ3) is 2.51. The van der Waals surface area contributed by atoms with E-state index in [4.69, 9.17) is 4.74 Å². The van der Waals surface area contributed by atoms with Crippen LogP contribution in [0.15, 0.2) is 36.4 Å². The summed E-state index contributed by atoms with van der Waals surface area (Å²) in [6, 6.07) is 7.39. The van der Waals surface area contributed by atoms with E-state index in [-0.39, 0.29) is 30.3 Å². The summed E-state index contributed by atoms with van der Waals surface area (Å²) in [5, 5.41) is 3.12. The van der Waals surface area contributed by atoms with Gasteiger partial charge in [0.2, 0.25) is 11.8 Å². The van der Waals surface area contributed by atoms with Crippen LogP contribution in [0.2, 0.25) is 0 Å². The Balaban J connectivity index is 1.65. The van der Waals surface area contributed by atoms with Crippen molar-refractivity contribution in [2.45, 2.75) is 12.8 Å². The van der Waals surface area contributed by atoms with Gasteiger partial charge < -0.3 is 10.1 Å². The van der Waals surface area contributed by atoms with E-state index in [0.717, 1.165) is 11.4 Å². The van der Waals surface area contributed by atoms with Gasteiger partial charge in [0.25, 0.3) is 0 Å². The first-order valence-corrected chi connectivity index (χ1v) is 7.09. The van der Waals surface area contributed by atoms with Gasteiger partial charge in [-0.1, -0.05) is 12.2 Å². The van der Waals surface area contributed by atoms with E-state index in [1.807, 2.05) is 36.4 Å². The number of carbonyl (C=O) groups excluding carboxylic acids is 2. The molecule has 2 aliphatic rings. The lowest BCUT2D eigenvalue weighted by molar-refractivity contribution is -0.139. The van der Waals surface area contributed by atoms with Gasteiger partial charge in [-0.15, -0.1) is 0 Å². The third-order valence-electron chi connectivity index (χ3n) is 4.13. The quantitative estimate of drug-likeness (QED) is 0.679. The van der Waals surface area contributed by atoms with Crippen LogP contribution in [0.5, 0.6) is 5.75 Å². The Bertz CT molecular complexity index is 554. The fourth-order valence-electron chi connectivity index (χ4n) is 2.90. The molecule has 110 valence electrons. The Hall–Kier alpha value is -2.30. The molecule has 21 heavy (non-hydrogen) atoms. The number of anilines is 1. The van der Waals surface area contributed by atoms with Gasteiger partial charge in [0.05, 0.1) is 25.6 Å². The largest absolute Gasteiger partial charge is 0.497 e. The normalized spacial score (nSPS) is 24.1. The Morgan fingerprint density at radius 3 is 2.19 bits per heavy atom. The fraction of sp³-hybridized carbons (Fsp3) is 0.375. The summed E-state index contributed by atoms with van der Waals surface area (Å²) in [5.74, 6) is 0.317. The zero-order valence-electron chi connectivity index (χ0n) is 11.9. The van der Waals surface area contributed by atoms with Crippen LogP contribution in [0.4, 0.5) is 5.69 Å². The summed E-state index contributed by atoms with van der Waals surface area (Å²) in [7, 11) is 1.61. The lowest BCUT2D eigenvalue weighted by Gasteiger charge is -2.16. The number of rotatable bonds is 4. The molecule has 1 N–H and O–H groups in total. The number of nitrogens with zero attached hydrogens (tertiary/aromatic N) is 1. The van der Waals surface area contributed by atoms with Gasteiger partial charge in [-0.2, -0.15) is 0 Å². The molecule has 0 spiro atoms. The first kappa shape index (κ1) is 13.7. The Kier molecular flexibility index (Phi) is 3.64. The molecule has 0 aromatic heterocycles. The third-order valence-corrected chi connectivity index (χ3v) is 4.13. The first-order valence-electron chi connectivity index (χ1n) is 7.09. The average Bonchev–Trinajstić information content (AvgIpc) is 2.78. The molecule has 0 bridgehead atoms. The number of fused-ring (bicyclic) bond motifs is 1. The van der Waals surface area contributed by atoms with Crippen LogP contribution in [0, 0.1) is 11.8 Å². The number of hydrogen-bond acceptors (Lipinski definition) is 4. The highest BCUT2D eigenvalue weighted by atomic mass is 16.5. The van der Waals surface area contributed by atoms with E-state index in [9.17, 15) is 9.59 Å². The van der Waals surface area contributed by atoms with Crippen LogP contribution >= 0.6 is 0 Å². The van der Waals surface area contributed by atoms with Crippen molar-refractivity contribution in [1.29, 1.82) is 0 Å². The molecule has 1 heterocycles. The Morgan fingerprint density at radius 2 is 1.67 bits per heavy atom. The Labute approximate surface area is 123 Å². The molecule has 1 aromatic carbocycles. The number of hydrogen-bond donors (Lipinski definition) is 1. The SMILES string of the molecule is COc1ccc(NCN2C(=O)[C@@H]3CC=CC[C@H]3C2=O)cc1. The monoisotopic (exact) mass is 286 g/mol. The molecular weight excluding hydrogens is 268 g/mol. The van der Waals surface area contributed by atoms with Gasteiger partial charge in [-0.05, 0) is 37.1 Å². The molecule has 1 aliphatic carbocycles. The molecule has 3 rings (SSSR count). The van der Waals surface area contributed by atoms with Crippen LogP contribution < -0.4 is 10.1 Å². The smallest absolute Gasteiger partial charge is 0.234 e. The van der Waals surface area contributed by atoms with Crippen molar-refractivity contribution in [3.8, 4) is 5.75 Å². The summed E-state index contributed by atoms with van der Waals surface area (Å²) in [5.41, 5.74) is 0.851. The minimum absolute atomic E-state index is 0.0599. The highest BCUT2D eigenvalue weighted by Crippen LogP contribution is 2.34. The number of methoxy groups -OCH3 is 1. The number of carbonyl (C=O) groups is 2. The van der Waals surface area contributed by atoms with Crippen molar-refractivity contribution in [3.63, 3.8) is 0 Å². The van der Waals surface area contributed by atoms with Crippen molar-refractivity contribution < 1.29 is 14.3 Å². The fourth-order valence-corrected chi connectivity index (χ4v) is 2.90. The van der Waals surface area contributed by atoms with Crippen molar-refractivity contribution in [2.24, 2.45) is 11.8 Å². The molecule has 1 aromatic rings. The topological polar surface area (TPSA) is 58.6 Å². The Morgan fingerprint density at radius 1 is 1.10 bits per heavy atom. The molecular formula is C16H18N2O3. The van der Waals surface area contributed by atoms with E-state index >= 15 is 0 Å². The summed E-state index contributed by atoms with van der Waals surface area (Å²) >= 11 is 0. The predicted molar refractivity (Wildman–Crippen MR) is 78.7 cm³/mol. The second-order valence-corrected chi connectivity index (χ2v) is 5.32. The second-order valence-electron chi connectivity index (χ2n) is 5.32. The minimum atomic E-state index is -0.167. The van der Waals surface area contributed by atoms with Gasteiger partial charge >= 0.3 is 0 Å². The number of allylic oxidation sites excluding steroid dienone is 2. The van der Waals surface area contributed by atoms with Crippen molar-refractivity contribution in [1.82, 2.24) is 4.90 Å². The summed E-state index contributed by atoms with van der Waals surface area (Å²) in [6.45, 7) is 0.219. The predicted octanol–water partition coefficient (Wildman–Crippen LogP) is 2.02. The van der Waals surface area contributed by atoms with Crippen LogP contribution in [-0.4, -0.2) is 30.5 Å². The van der Waals surface area contributed by atoms with Crippen LogP contribution in [0.3, 0.4) is 0 Å². The maximum Gasteiger partial charge on any atom is 0.234 e. The molecule has 0 radical (unpaired) electrons. The van der Waals surface area contributed by atoms with Crippen molar-refractivity contribution in [2.75, 3.05) is 19.1 Å². The number of likely N-dealkylation sites (tertiary alicyclic amines) is 1. The highest BCUT2D eigenvalue weighted by Gasteiger charge is 2.46. The van der Waals surface area contributed by atoms with E-state index in [1.165, 1.54) is 4.90 Å². The molecule has 2 atom stereocenters. The van der Waals surface area contributed by atoms with Crippen molar-refractivity contribution >= 4 is 17.5 Å². The molecule has 2 amide bonds. The molecule has 0 unspecified atom stereocenters. The van der Waals surface area contributed by atoms with Gasteiger partial charge in [0.15, 0.2) is 0 Å². The zero-order valence-corrected chi connectivity index (χ0v) is 11.9. The van der Waals surface area contributed by atoms with Crippen LogP contribution in [-0.2, 0) is 9.59 Å². The lowest BCUT2D eigenvalue weighted by atomic mass is 9.85. The molecule has 1 fully saturated rings. The second kappa shape index (κ2) is 5.60. The molecule has 5 nitrogen and oxygen atoms in total. The summed E-state index contributed by atoms with van der Waals surface area (Å²) in [4.78, 5) is 25.9. The molecule has 1 saturated heterocycles. The number of benzene rings is 1. The molecule has 0 saturated carbocycles. The van der Waals surface area contributed by atoms with Crippen LogP contribution in [0.1, 0.15) is 12.8 Å². The number of ether oxygens (including phenoxy) is 1. The lowest BCUT2D eigenvalue weighted by Crippen LogP contribution is -2.35. The molecule has 5 heteroatoms. The summed E-state index contributed by atoms with van der Waals surface area (Å²) in [6.07, 6.45) is 5.34. The van der Waals surface area contributed by atoms with E-state index in [1.54, 1.807) is 7.11 Å². The maximum atomic E-state index is 12.3. The average molecular weight is 286 g/mol. The van der Waals surface area contributed by atoms with Gasteiger partial charge in [0, 0.05) is 5.69 Å². The molecule has 1 aliphatic heterocycles. The van der Waals surface area contributed by atoms with Gasteiger partial charge in [-0.3, -0.25) is 14.5 Å². The van der Waals surface area contributed by atoms with E-state index < -0.39 is 0 Å². The standard InChI is InChI=1S/C16H18N2O3/c1-21-12-8-6-11(7-9-12)17-10-18-15(19)13-4-2-3-5-14(13)16(18)20/h2-3,6-9,13-14,17H,4-5,10H2,1H3/t13-,14-/m1/s1. The minimum Gasteiger partial charge on any atom is -0.497 e. The number of amides is 2. The summed E-state index contributed by atoms with van der Waals surface area (Å²) < 4.78 is 5.09. The number of imide groups is 1. The van der Waals surface area contributed by atoms with Crippen LogP contribution in [0.25, 0.3) is 0 Å². The van der Waals surface area contributed by atoms with E-state index in [0.29, 0.717) is 12.8 Å². The highest BCUT2D eigenvalue weighted by molar-refractivity contribution is 6.05. The van der Waals surface area contributed by atoms with Gasteiger partial charge in [-0.25, -0.2) is 0 Å². The van der Waals surface area contributed by atoms with E-state index in [2.05, 4.69) is 5.32 Å². The first-order chi connectivity index (χ1) is 10.2. The van der Waals surface area contributed by atoms with Gasteiger partial charge in [0.1, 0.15) is 5.75 Å². The van der Waals surface area contributed by atoms with Crippen molar-refractivity contribution in [3.05, 3.63) is 36.4 Å².